The van der Waals surface area contributed by atoms with Crippen molar-refractivity contribution in [2.75, 3.05) is 0 Å². The van der Waals surface area contributed by atoms with Crippen molar-refractivity contribution < 1.29 is 19.7 Å². The van der Waals surface area contributed by atoms with Gasteiger partial charge < -0.3 is 14.9 Å². The smallest absolute Gasteiger partial charge is 0.306 e. The van der Waals surface area contributed by atoms with Gasteiger partial charge >= 0.3 is 5.97 Å². The number of aliphatic hydroxyl groups is 2. The lowest BCUT2D eigenvalue weighted by atomic mass is 10.1. The first kappa shape index (κ1) is 11.2. The molecule has 2 N–H and O–H groups in total. The predicted molar refractivity (Wildman–Crippen MR) is 50.6 cm³/mol. The Morgan fingerprint density at radius 1 is 1.36 bits per heavy atom. The van der Waals surface area contributed by atoms with Crippen molar-refractivity contribution in [3.63, 3.8) is 0 Å². The van der Waals surface area contributed by atoms with Gasteiger partial charge in [0.25, 0.3) is 0 Å². The SMILES string of the molecule is C[C@@H]1C[C@@H](O)/C=C/[C@H](O)CCC(=O)O1. The van der Waals surface area contributed by atoms with Gasteiger partial charge in [-0.05, 0) is 13.3 Å². The Kier molecular flexibility index (Phi) is 4.10. The van der Waals surface area contributed by atoms with Crippen LogP contribution in [0.4, 0.5) is 0 Å². The highest BCUT2D eigenvalue weighted by molar-refractivity contribution is 5.69. The highest BCUT2D eigenvalue weighted by atomic mass is 16.5. The van der Waals surface area contributed by atoms with Crippen molar-refractivity contribution in [2.24, 2.45) is 0 Å². The van der Waals surface area contributed by atoms with Gasteiger partial charge in [-0.1, -0.05) is 12.2 Å². The zero-order valence-corrected chi connectivity index (χ0v) is 8.22. The van der Waals surface area contributed by atoms with Crippen LogP contribution in [0.2, 0.25) is 0 Å². The summed E-state index contributed by atoms with van der Waals surface area (Å²) in [4.78, 5) is 11.1. The molecule has 14 heavy (non-hydrogen) atoms. The third kappa shape index (κ3) is 3.89. The molecule has 80 valence electrons. The Bertz CT molecular complexity index is 224. The van der Waals surface area contributed by atoms with Crippen LogP contribution in [0.25, 0.3) is 0 Å². The standard InChI is InChI=1S/C10H16O4/c1-7-6-9(12)3-2-8(11)4-5-10(13)14-7/h2-3,7-9,11-12H,4-6H2,1H3/b3-2+/t7-,8+,9+/m1/s1. The minimum absolute atomic E-state index is 0.214. The maximum Gasteiger partial charge on any atom is 0.306 e. The van der Waals surface area contributed by atoms with Crippen LogP contribution >= 0.6 is 0 Å². The van der Waals surface area contributed by atoms with Gasteiger partial charge in [-0.2, -0.15) is 0 Å². The molecule has 4 nitrogen and oxygen atoms in total. The average molecular weight is 200 g/mol. The number of hydrogen-bond donors (Lipinski definition) is 2. The Balaban J connectivity index is 2.60. The molecule has 0 unspecified atom stereocenters. The molecule has 0 aromatic carbocycles. The second-order valence-electron chi connectivity index (χ2n) is 3.59. The monoisotopic (exact) mass is 200 g/mol. The molecular formula is C10H16O4. The van der Waals surface area contributed by atoms with Crippen molar-refractivity contribution in [3.05, 3.63) is 12.2 Å². The molecule has 0 bridgehead atoms. The molecule has 0 saturated carbocycles. The second-order valence-corrected chi connectivity index (χ2v) is 3.59. The number of rotatable bonds is 0. The summed E-state index contributed by atoms with van der Waals surface area (Å²) in [6.45, 7) is 1.74. The molecule has 0 amide bonds. The molecule has 1 rings (SSSR count). The largest absolute Gasteiger partial charge is 0.463 e. The number of esters is 1. The molecule has 0 saturated heterocycles. The molecule has 0 spiro atoms. The lowest BCUT2D eigenvalue weighted by Crippen LogP contribution is -2.22. The van der Waals surface area contributed by atoms with Crippen LogP contribution in [0.1, 0.15) is 26.2 Å². The third-order valence-electron chi connectivity index (χ3n) is 2.11. The molecule has 1 aliphatic heterocycles. The van der Waals surface area contributed by atoms with E-state index in [9.17, 15) is 15.0 Å². The van der Waals surface area contributed by atoms with Crippen molar-refractivity contribution in [2.45, 2.75) is 44.5 Å². The highest BCUT2D eigenvalue weighted by Gasteiger charge is 2.16. The molecule has 0 aliphatic carbocycles. The van der Waals surface area contributed by atoms with Crippen LogP contribution in [0.5, 0.6) is 0 Å². The first-order chi connectivity index (χ1) is 6.58. The summed E-state index contributed by atoms with van der Waals surface area (Å²) < 4.78 is 5.00. The first-order valence-corrected chi connectivity index (χ1v) is 4.82. The van der Waals surface area contributed by atoms with Gasteiger partial charge in [-0.15, -0.1) is 0 Å². The van der Waals surface area contributed by atoms with E-state index in [0.29, 0.717) is 12.8 Å². The van der Waals surface area contributed by atoms with Gasteiger partial charge in [0.2, 0.25) is 0 Å². The zero-order chi connectivity index (χ0) is 10.6. The second kappa shape index (κ2) is 5.12. The van der Waals surface area contributed by atoms with E-state index in [1.165, 1.54) is 6.08 Å². The number of ether oxygens (including phenoxy) is 1. The number of cyclic esters (lactones) is 1. The van der Waals surface area contributed by atoms with Crippen LogP contribution in [0, 0.1) is 0 Å². The topological polar surface area (TPSA) is 66.8 Å². The number of aliphatic hydroxyl groups excluding tert-OH is 2. The lowest BCUT2D eigenvalue weighted by molar-refractivity contribution is -0.149. The molecule has 4 heteroatoms. The number of hydrogen-bond acceptors (Lipinski definition) is 4. The fourth-order valence-corrected chi connectivity index (χ4v) is 1.37. The van der Waals surface area contributed by atoms with Gasteiger partial charge in [-0.25, -0.2) is 0 Å². The normalized spacial score (nSPS) is 37.4. The maximum absolute atomic E-state index is 11.1. The molecule has 1 heterocycles. The van der Waals surface area contributed by atoms with Gasteiger partial charge in [0.15, 0.2) is 0 Å². The van der Waals surface area contributed by atoms with Crippen molar-refractivity contribution in [1.29, 1.82) is 0 Å². The van der Waals surface area contributed by atoms with E-state index in [1.807, 2.05) is 0 Å². The highest BCUT2D eigenvalue weighted by Crippen LogP contribution is 2.10. The first-order valence-electron chi connectivity index (χ1n) is 4.82. The predicted octanol–water partition coefficient (Wildman–Crippen LogP) is 0.380. The fraction of sp³-hybridized carbons (Fsp3) is 0.700. The van der Waals surface area contributed by atoms with E-state index >= 15 is 0 Å². The van der Waals surface area contributed by atoms with Gasteiger partial charge in [0.05, 0.1) is 12.2 Å². The molecule has 1 aliphatic rings. The number of carbonyl (C=O) groups excluding carboxylic acids is 1. The quantitative estimate of drug-likeness (QED) is 0.438. The maximum atomic E-state index is 11.1. The van der Waals surface area contributed by atoms with E-state index in [1.54, 1.807) is 13.0 Å². The van der Waals surface area contributed by atoms with E-state index < -0.39 is 12.2 Å². The van der Waals surface area contributed by atoms with Gasteiger partial charge in [0.1, 0.15) is 6.10 Å². The van der Waals surface area contributed by atoms with Crippen molar-refractivity contribution in [1.82, 2.24) is 0 Å². The summed E-state index contributed by atoms with van der Waals surface area (Å²) >= 11 is 0. The van der Waals surface area contributed by atoms with Gasteiger partial charge in [0, 0.05) is 12.8 Å². The van der Waals surface area contributed by atoms with Crippen LogP contribution in [-0.4, -0.2) is 34.5 Å². The Morgan fingerprint density at radius 3 is 2.71 bits per heavy atom. The zero-order valence-electron chi connectivity index (χ0n) is 8.22. The van der Waals surface area contributed by atoms with E-state index in [2.05, 4.69) is 0 Å². The minimum Gasteiger partial charge on any atom is -0.463 e. The summed E-state index contributed by atoms with van der Waals surface area (Å²) in [5.74, 6) is -0.320. The summed E-state index contributed by atoms with van der Waals surface area (Å²) in [7, 11) is 0. The molecule has 0 aromatic rings. The Morgan fingerprint density at radius 2 is 2.00 bits per heavy atom. The van der Waals surface area contributed by atoms with Crippen LogP contribution in [0.15, 0.2) is 12.2 Å². The summed E-state index contributed by atoms with van der Waals surface area (Å²) in [6, 6.07) is 0. The lowest BCUT2D eigenvalue weighted by Gasteiger charge is -2.17. The minimum atomic E-state index is -0.675. The van der Waals surface area contributed by atoms with E-state index in [0.717, 1.165) is 0 Å². The van der Waals surface area contributed by atoms with E-state index in [4.69, 9.17) is 4.74 Å². The van der Waals surface area contributed by atoms with Crippen molar-refractivity contribution >= 4 is 5.97 Å². The van der Waals surface area contributed by atoms with E-state index in [-0.39, 0.29) is 18.5 Å². The summed E-state index contributed by atoms with van der Waals surface area (Å²) in [5, 5.41) is 18.7. The van der Waals surface area contributed by atoms with Gasteiger partial charge in [-0.3, -0.25) is 4.79 Å². The average Bonchev–Trinajstić information content (AvgIpc) is 2.10. The Hall–Kier alpha value is -0.870. The molecule has 3 atom stereocenters. The van der Waals surface area contributed by atoms with Crippen LogP contribution in [-0.2, 0) is 9.53 Å². The van der Waals surface area contributed by atoms with Crippen molar-refractivity contribution in [3.8, 4) is 0 Å². The molecule has 0 radical (unpaired) electrons. The molecule has 0 fully saturated rings. The fourth-order valence-electron chi connectivity index (χ4n) is 1.37. The Labute approximate surface area is 83.2 Å². The summed E-state index contributed by atoms with van der Waals surface area (Å²) in [6.07, 6.45) is 2.37. The molecular weight excluding hydrogens is 184 g/mol. The third-order valence-corrected chi connectivity index (χ3v) is 2.11. The van der Waals surface area contributed by atoms with Crippen LogP contribution < -0.4 is 0 Å². The molecule has 0 aromatic heterocycles. The van der Waals surface area contributed by atoms with Crippen LogP contribution in [0.3, 0.4) is 0 Å². The number of carbonyl (C=O) groups is 1. The summed E-state index contributed by atoms with van der Waals surface area (Å²) in [5.41, 5.74) is 0.